The van der Waals surface area contributed by atoms with Crippen molar-refractivity contribution in [2.45, 2.75) is 26.7 Å². The molecule has 2 heteroatoms. The van der Waals surface area contributed by atoms with Crippen molar-refractivity contribution >= 4 is 32.7 Å². The lowest BCUT2D eigenvalue weighted by molar-refractivity contribution is -0.660. The largest absolute Gasteiger partial charge is 0.455 e. The molecule has 0 fully saturated rings. The fourth-order valence-corrected chi connectivity index (χ4v) is 4.19. The van der Waals surface area contributed by atoms with Gasteiger partial charge in [0.05, 0.1) is 5.56 Å². The lowest BCUT2D eigenvalue weighted by Crippen LogP contribution is -2.30. The third-order valence-electron chi connectivity index (χ3n) is 5.90. The van der Waals surface area contributed by atoms with Crippen molar-refractivity contribution in [3.63, 3.8) is 0 Å². The van der Waals surface area contributed by atoms with Crippen LogP contribution in [0.1, 0.15) is 30.9 Å². The zero-order chi connectivity index (χ0) is 19.4. The van der Waals surface area contributed by atoms with Crippen molar-refractivity contribution in [2.24, 2.45) is 7.05 Å². The first-order chi connectivity index (χ1) is 13.5. The molecule has 0 N–H and O–H groups in total. The van der Waals surface area contributed by atoms with Gasteiger partial charge in [-0.1, -0.05) is 44.2 Å². The lowest BCUT2D eigenvalue weighted by atomic mass is 9.97. The molecule has 0 amide bonds. The van der Waals surface area contributed by atoms with Gasteiger partial charge in [-0.2, -0.15) is 0 Å². The fourth-order valence-electron chi connectivity index (χ4n) is 4.19. The zero-order valence-corrected chi connectivity index (χ0v) is 16.8. The average Bonchev–Trinajstić information content (AvgIpc) is 3.09. The van der Waals surface area contributed by atoms with Gasteiger partial charge in [0.25, 0.3) is 0 Å². The summed E-state index contributed by atoms with van der Waals surface area (Å²) in [6.07, 6.45) is 2.15. The Labute approximate surface area is 165 Å². The molecule has 0 aliphatic carbocycles. The maximum absolute atomic E-state index is 6.47. The zero-order valence-electron chi connectivity index (χ0n) is 16.8. The minimum absolute atomic E-state index is 0.501. The van der Waals surface area contributed by atoms with Crippen LogP contribution in [0.3, 0.4) is 0 Å². The normalized spacial score (nSPS) is 11.9. The summed E-state index contributed by atoms with van der Waals surface area (Å²) in [6, 6.07) is 21.7. The van der Waals surface area contributed by atoms with Crippen LogP contribution in [0, 0.1) is 6.92 Å². The molecule has 0 aliphatic rings. The Morgan fingerprint density at radius 1 is 0.821 bits per heavy atom. The van der Waals surface area contributed by atoms with Crippen molar-refractivity contribution in [3.8, 4) is 11.3 Å². The van der Waals surface area contributed by atoms with E-state index in [1.54, 1.807) is 0 Å². The third kappa shape index (κ3) is 2.45. The van der Waals surface area contributed by atoms with Crippen LogP contribution < -0.4 is 4.57 Å². The Morgan fingerprint density at radius 3 is 2.39 bits per heavy atom. The van der Waals surface area contributed by atoms with Crippen LogP contribution in [0.25, 0.3) is 44.0 Å². The summed E-state index contributed by atoms with van der Waals surface area (Å²) in [7, 11) is 2.11. The summed E-state index contributed by atoms with van der Waals surface area (Å²) in [5.41, 5.74) is 6.95. The van der Waals surface area contributed by atoms with Crippen molar-refractivity contribution in [2.75, 3.05) is 0 Å². The summed E-state index contributed by atoms with van der Waals surface area (Å²) in [5.74, 6) is 0.501. The highest BCUT2D eigenvalue weighted by Gasteiger charge is 2.19. The highest BCUT2D eigenvalue weighted by molar-refractivity contribution is 6.15. The lowest BCUT2D eigenvalue weighted by Gasteiger charge is -2.09. The van der Waals surface area contributed by atoms with E-state index in [1.807, 2.05) is 0 Å². The van der Waals surface area contributed by atoms with E-state index in [1.165, 1.54) is 43.9 Å². The van der Waals surface area contributed by atoms with Gasteiger partial charge in [-0.3, -0.25) is 0 Å². The molecular weight excluding hydrogens is 342 g/mol. The van der Waals surface area contributed by atoms with Gasteiger partial charge in [0, 0.05) is 33.9 Å². The fraction of sp³-hybridized carbons (Fsp3) is 0.192. The summed E-state index contributed by atoms with van der Waals surface area (Å²) in [6.45, 7) is 6.64. The molecule has 0 unspecified atom stereocenters. The molecule has 5 rings (SSSR count). The van der Waals surface area contributed by atoms with Crippen molar-refractivity contribution in [1.82, 2.24) is 0 Å². The molecule has 2 heterocycles. The highest BCUT2D eigenvalue weighted by Crippen LogP contribution is 2.38. The summed E-state index contributed by atoms with van der Waals surface area (Å²) < 4.78 is 8.66. The monoisotopic (exact) mass is 366 g/mol. The molecule has 3 aromatic carbocycles. The number of rotatable bonds is 2. The van der Waals surface area contributed by atoms with Gasteiger partial charge in [0.1, 0.15) is 18.2 Å². The van der Waals surface area contributed by atoms with E-state index < -0.39 is 0 Å². The van der Waals surface area contributed by atoms with Gasteiger partial charge in [0.2, 0.25) is 5.69 Å². The number of furan rings is 1. The number of hydrogen-bond acceptors (Lipinski definition) is 1. The van der Waals surface area contributed by atoms with E-state index >= 15 is 0 Å². The third-order valence-corrected chi connectivity index (χ3v) is 5.90. The van der Waals surface area contributed by atoms with Crippen LogP contribution in [0.15, 0.2) is 71.3 Å². The van der Waals surface area contributed by atoms with Crippen LogP contribution in [-0.4, -0.2) is 0 Å². The van der Waals surface area contributed by atoms with E-state index in [0.717, 1.165) is 11.2 Å². The molecule has 0 spiro atoms. The molecule has 0 atom stereocenters. The summed E-state index contributed by atoms with van der Waals surface area (Å²) >= 11 is 0. The standard InChI is InChI=1S/C26H24NO/c1-16(2)19-13-14-27(4)24(15-19)20-11-12-22-23-10-9-18-7-5-6-8-21(18)26(23)28-25(22)17(20)3/h5-16H,1-4H3/q+1. The van der Waals surface area contributed by atoms with Crippen LogP contribution in [0.4, 0.5) is 0 Å². The van der Waals surface area contributed by atoms with Crippen LogP contribution in [0.5, 0.6) is 0 Å². The molecule has 0 saturated heterocycles. The van der Waals surface area contributed by atoms with Crippen molar-refractivity contribution < 1.29 is 8.98 Å². The average molecular weight is 366 g/mol. The second kappa shape index (κ2) is 6.20. The molecule has 0 saturated carbocycles. The van der Waals surface area contributed by atoms with E-state index in [2.05, 4.69) is 99.2 Å². The smallest absolute Gasteiger partial charge is 0.212 e. The Kier molecular flexibility index (Phi) is 3.77. The minimum Gasteiger partial charge on any atom is -0.455 e. The Hall–Kier alpha value is -3.13. The van der Waals surface area contributed by atoms with Gasteiger partial charge in [-0.25, -0.2) is 4.57 Å². The first kappa shape index (κ1) is 17.0. The number of benzene rings is 3. The van der Waals surface area contributed by atoms with Gasteiger partial charge in [-0.15, -0.1) is 0 Å². The molecule has 0 aliphatic heterocycles. The van der Waals surface area contributed by atoms with E-state index in [-0.39, 0.29) is 0 Å². The van der Waals surface area contributed by atoms with E-state index in [0.29, 0.717) is 5.92 Å². The van der Waals surface area contributed by atoms with Gasteiger partial charge in [-0.05, 0) is 42.0 Å². The van der Waals surface area contributed by atoms with Crippen molar-refractivity contribution in [3.05, 3.63) is 78.0 Å². The quantitative estimate of drug-likeness (QED) is 0.319. The van der Waals surface area contributed by atoms with E-state index in [4.69, 9.17) is 4.42 Å². The van der Waals surface area contributed by atoms with Crippen LogP contribution in [0.2, 0.25) is 0 Å². The minimum atomic E-state index is 0.501. The molecule has 2 aromatic heterocycles. The maximum Gasteiger partial charge on any atom is 0.212 e. The Bertz CT molecular complexity index is 1360. The van der Waals surface area contributed by atoms with E-state index in [9.17, 15) is 0 Å². The molecule has 0 radical (unpaired) electrons. The first-order valence-corrected chi connectivity index (χ1v) is 9.88. The molecule has 2 nitrogen and oxygen atoms in total. The molecule has 138 valence electrons. The van der Waals surface area contributed by atoms with Crippen LogP contribution >= 0.6 is 0 Å². The SMILES string of the molecule is Cc1c(-c2cc(C(C)C)cc[n+]2C)ccc2c1oc1c3ccccc3ccc21. The summed E-state index contributed by atoms with van der Waals surface area (Å²) in [5, 5.41) is 4.75. The number of aromatic nitrogens is 1. The molecular formula is C26H24NO+. The molecule has 28 heavy (non-hydrogen) atoms. The Balaban J connectivity index is 1.81. The van der Waals surface area contributed by atoms with Crippen molar-refractivity contribution in [1.29, 1.82) is 0 Å². The second-order valence-corrected chi connectivity index (χ2v) is 7.99. The first-order valence-electron chi connectivity index (χ1n) is 9.88. The number of fused-ring (bicyclic) bond motifs is 5. The summed E-state index contributed by atoms with van der Waals surface area (Å²) in [4.78, 5) is 0. The van der Waals surface area contributed by atoms with Gasteiger partial charge >= 0.3 is 0 Å². The molecule has 0 bridgehead atoms. The maximum atomic E-state index is 6.47. The predicted octanol–water partition coefficient (Wildman–Crippen LogP) is 6.66. The van der Waals surface area contributed by atoms with Gasteiger partial charge in [0.15, 0.2) is 6.20 Å². The second-order valence-electron chi connectivity index (χ2n) is 7.99. The van der Waals surface area contributed by atoms with Crippen LogP contribution in [-0.2, 0) is 7.05 Å². The predicted molar refractivity (Wildman–Crippen MR) is 117 cm³/mol. The number of hydrogen-bond donors (Lipinski definition) is 0. The Morgan fingerprint density at radius 2 is 1.57 bits per heavy atom. The molecule has 5 aromatic rings. The highest BCUT2D eigenvalue weighted by atomic mass is 16.3. The topological polar surface area (TPSA) is 17.0 Å². The van der Waals surface area contributed by atoms with Gasteiger partial charge < -0.3 is 4.42 Å². The number of aryl methyl sites for hydroxylation is 2. The number of pyridine rings is 1. The number of nitrogens with zero attached hydrogens (tertiary/aromatic N) is 1.